The van der Waals surface area contributed by atoms with Crippen LogP contribution >= 0.6 is 11.6 Å². The number of hydrogen-bond acceptors (Lipinski definition) is 4. The number of aliphatic carboxylic acids is 1. The van der Waals surface area contributed by atoms with Crippen LogP contribution in [0, 0.1) is 0 Å². The topological polar surface area (TPSA) is 101 Å². The number of halogens is 1. The number of carbonyl (C=O) groups is 1. The molecule has 7 nitrogen and oxygen atoms in total. The molecule has 0 fully saturated rings. The summed E-state index contributed by atoms with van der Waals surface area (Å²) in [5, 5.41) is 12.1. The maximum atomic E-state index is 11.9. The molecule has 0 saturated carbocycles. The van der Waals surface area contributed by atoms with Crippen LogP contribution in [0.2, 0.25) is 5.02 Å². The average Bonchev–Trinajstić information content (AvgIpc) is 2.57. The summed E-state index contributed by atoms with van der Waals surface area (Å²) in [4.78, 5) is 10.3. The van der Waals surface area contributed by atoms with Crippen LogP contribution < -0.4 is 4.72 Å². The largest absolute Gasteiger partial charge is 0.481 e. The van der Waals surface area contributed by atoms with Gasteiger partial charge in [-0.3, -0.25) is 9.48 Å². The predicted molar refractivity (Wildman–Crippen MR) is 64.9 cm³/mol. The molecule has 1 aromatic heterocycles. The molecule has 2 N–H and O–H groups in total. The highest BCUT2D eigenvalue weighted by molar-refractivity contribution is 7.89. The van der Waals surface area contributed by atoms with Crippen LogP contribution in [0.4, 0.5) is 0 Å². The zero-order chi connectivity index (χ0) is 13.8. The number of carboxylic acids is 1. The first kappa shape index (κ1) is 14.9. The molecule has 0 radical (unpaired) electrons. The first-order chi connectivity index (χ1) is 8.34. The van der Waals surface area contributed by atoms with Crippen LogP contribution in [0.3, 0.4) is 0 Å². The Labute approximate surface area is 110 Å². The zero-order valence-corrected chi connectivity index (χ0v) is 11.3. The lowest BCUT2D eigenvalue weighted by Crippen LogP contribution is -2.27. The smallest absolute Gasteiger partial charge is 0.303 e. The number of nitrogens with one attached hydrogen (secondary N) is 1. The SMILES string of the molecule is Cn1ncc(Cl)c1S(=O)(=O)NCCCCC(=O)O. The molecule has 0 amide bonds. The monoisotopic (exact) mass is 295 g/mol. The summed E-state index contributed by atoms with van der Waals surface area (Å²) in [7, 11) is -2.23. The Hall–Kier alpha value is -1.12. The molecule has 1 aromatic rings. The van der Waals surface area contributed by atoms with Gasteiger partial charge in [-0.15, -0.1) is 0 Å². The Bertz CT molecular complexity index is 506. The standard InChI is InChI=1S/C9H14ClN3O4S/c1-13-9(7(10)6-11-13)18(16,17)12-5-3-2-4-8(14)15/h6,12H,2-5H2,1H3,(H,14,15). The van der Waals surface area contributed by atoms with E-state index in [0.29, 0.717) is 12.8 Å². The molecule has 102 valence electrons. The van der Waals surface area contributed by atoms with Gasteiger partial charge in [0, 0.05) is 20.0 Å². The highest BCUT2D eigenvalue weighted by Gasteiger charge is 2.21. The molecule has 0 aliphatic rings. The van der Waals surface area contributed by atoms with Gasteiger partial charge < -0.3 is 5.11 Å². The minimum Gasteiger partial charge on any atom is -0.481 e. The maximum absolute atomic E-state index is 11.9. The summed E-state index contributed by atoms with van der Waals surface area (Å²) in [6, 6.07) is 0. The van der Waals surface area contributed by atoms with Gasteiger partial charge in [-0.05, 0) is 12.8 Å². The predicted octanol–water partition coefficient (Wildman–Crippen LogP) is 0.607. The number of hydrogen-bond donors (Lipinski definition) is 2. The molecule has 0 aliphatic heterocycles. The molecule has 0 aliphatic carbocycles. The lowest BCUT2D eigenvalue weighted by atomic mass is 10.2. The summed E-state index contributed by atoms with van der Waals surface area (Å²) in [6.45, 7) is 0.164. The second kappa shape index (κ2) is 6.17. The Balaban J connectivity index is 2.54. The van der Waals surface area contributed by atoms with E-state index in [-0.39, 0.29) is 23.0 Å². The quantitative estimate of drug-likeness (QED) is 0.718. The molecule has 1 rings (SSSR count). The number of nitrogens with zero attached hydrogens (tertiary/aromatic N) is 2. The van der Waals surface area contributed by atoms with Crippen LogP contribution in [-0.4, -0.2) is 35.8 Å². The van der Waals surface area contributed by atoms with Crippen molar-refractivity contribution in [2.45, 2.75) is 24.3 Å². The number of carboxylic acid groups (broad SMARTS) is 1. The van der Waals surface area contributed by atoms with E-state index in [0.717, 1.165) is 0 Å². The molecule has 0 saturated heterocycles. The highest BCUT2D eigenvalue weighted by atomic mass is 35.5. The Morgan fingerprint density at radius 3 is 2.72 bits per heavy atom. The van der Waals surface area contributed by atoms with Crippen LogP contribution in [0.1, 0.15) is 19.3 Å². The molecular weight excluding hydrogens is 282 g/mol. The second-order valence-electron chi connectivity index (χ2n) is 3.67. The van der Waals surface area contributed by atoms with Crippen LogP contribution in [-0.2, 0) is 21.9 Å². The van der Waals surface area contributed by atoms with Crippen LogP contribution in [0.25, 0.3) is 0 Å². The van der Waals surface area contributed by atoms with Gasteiger partial charge in [0.15, 0.2) is 5.03 Å². The fourth-order valence-corrected chi connectivity index (χ4v) is 3.10. The minimum absolute atomic E-state index is 0.0220. The molecule has 0 bridgehead atoms. The van der Waals surface area contributed by atoms with Crippen LogP contribution in [0.15, 0.2) is 11.2 Å². The Morgan fingerprint density at radius 1 is 1.56 bits per heavy atom. The second-order valence-corrected chi connectivity index (χ2v) is 5.76. The van der Waals surface area contributed by atoms with Gasteiger partial charge in [-0.2, -0.15) is 5.10 Å². The van der Waals surface area contributed by atoms with E-state index < -0.39 is 16.0 Å². The van der Waals surface area contributed by atoms with Crippen molar-refractivity contribution in [2.75, 3.05) is 6.54 Å². The molecule has 18 heavy (non-hydrogen) atoms. The van der Waals surface area contributed by atoms with E-state index in [2.05, 4.69) is 9.82 Å². The van der Waals surface area contributed by atoms with Crippen molar-refractivity contribution in [1.29, 1.82) is 0 Å². The molecule has 0 aromatic carbocycles. The van der Waals surface area contributed by atoms with Crippen molar-refractivity contribution < 1.29 is 18.3 Å². The normalized spacial score (nSPS) is 11.7. The van der Waals surface area contributed by atoms with Crippen molar-refractivity contribution in [2.24, 2.45) is 7.05 Å². The van der Waals surface area contributed by atoms with E-state index in [1.54, 1.807) is 0 Å². The lowest BCUT2D eigenvalue weighted by molar-refractivity contribution is -0.137. The Kier molecular flexibility index (Phi) is 5.12. The first-order valence-electron chi connectivity index (χ1n) is 5.23. The molecule has 9 heteroatoms. The number of unbranched alkanes of at least 4 members (excludes halogenated alkanes) is 1. The van der Waals surface area contributed by atoms with Gasteiger partial charge in [0.2, 0.25) is 0 Å². The molecule has 0 unspecified atom stereocenters. The third-order valence-corrected chi connectivity index (χ3v) is 4.17. The number of sulfonamides is 1. The third-order valence-electron chi connectivity index (χ3n) is 2.21. The number of aromatic nitrogens is 2. The first-order valence-corrected chi connectivity index (χ1v) is 7.09. The van der Waals surface area contributed by atoms with Crippen molar-refractivity contribution in [1.82, 2.24) is 14.5 Å². The fourth-order valence-electron chi connectivity index (χ4n) is 1.38. The van der Waals surface area contributed by atoms with E-state index in [9.17, 15) is 13.2 Å². The summed E-state index contributed by atoms with van der Waals surface area (Å²) in [5.74, 6) is -0.896. The van der Waals surface area contributed by atoms with Gasteiger partial charge >= 0.3 is 5.97 Å². The van der Waals surface area contributed by atoms with Gasteiger partial charge in [-0.1, -0.05) is 11.6 Å². The maximum Gasteiger partial charge on any atom is 0.303 e. The fraction of sp³-hybridized carbons (Fsp3) is 0.556. The summed E-state index contributed by atoms with van der Waals surface area (Å²) in [5.41, 5.74) is 0. The van der Waals surface area contributed by atoms with Crippen molar-refractivity contribution in [3.05, 3.63) is 11.2 Å². The molecule has 0 atom stereocenters. The molecular formula is C9H14ClN3O4S. The van der Waals surface area contributed by atoms with E-state index in [4.69, 9.17) is 16.7 Å². The molecule has 1 heterocycles. The van der Waals surface area contributed by atoms with Gasteiger partial charge in [-0.25, -0.2) is 13.1 Å². The van der Waals surface area contributed by atoms with Crippen molar-refractivity contribution >= 4 is 27.6 Å². The van der Waals surface area contributed by atoms with E-state index in [1.165, 1.54) is 17.9 Å². The van der Waals surface area contributed by atoms with Crippen molar-refractivity contribution in [3.8, 4) is 0 Å². The zero-order valence-electron chi connectivity index (χ0n) is 9.76. The van der Waals surface area contributed by atoms with E-state index in [1.807, 2.05) is 0 Å². The van der Waals surface area contributed by atoms with E-state index >= 15 is 0 Å². The summed E-state index contributed by atoms with van der Waals surface area (Å²) < 4.78 is 27.2. The molecule has 0 spiro atoms. The number of aryl methyl sites for hydroxylation is 1. The highest BCUT2D eigenvalue weighted by Crippen LogP contribution is 2.19. The van der Waals surface area contributed by atoms with Gasteiger partial charge in [0.1, 0.15) is 0 Å². The third kappa shape index (κ3) is 3.97. The Morgan fingerprint density at radius 2 is 2.22 bits per heavy atom. The summed E-state index contributed by atoms with van der Waals surface area (Å²) >= 11 is 5.73. The van der Waals surface area contributed by atoms with Crippen molar-refractivity contribution in [3.63, 3.8) is 0 Å². The van der Waals surface area contributed by atoms with Gasteiger partial charge in [0.25, 0.3) is 10.0 Å². The lowest BCUT2D eigenvalue weighted by Gasteiger charge is -2.06. The van der Waals surface area contributed by atoms with Gasteiger partial charge in [0.05, 0.1) is 11.2 Å². The number of rotatable bonds is 7. The van der Waals surface area contributed by atoms with Crippen LogP contribution in [0.5, 0.6) is 0 Å². The summed E-state index contributed by atoms with van der Waals surface area (Å²) in [6.07, 6.45) is 2.13. The average molecular weight is 296 g/mol. The minimum atomic E-state index is -3.71.